The van der Waals surface area contributed by atoms with Gasteiger partial charge in [0.05, 0.1) is 6.20 Å². The number of carbonyl (C=O) groups excluding carboxylic acids is 1. The minimum absolute atomic E-state index is 0.138. The fourth-order valence-electron chi connectivity index (χ4n) is 3.97. The van der Waals surface area contributed by atoms with Gasteiger partial charge in [0, 0.05) is 49.4 Å². The van der Waals surface area contributed by atoms with E-state index in [0.29, 0.717) is 17.9 Å². The van der Waals surface area contributed by atoms with Gasteiger partial charge in [-0.3, -0.25) is 9.48 Å². The van der Waals surface area contributed by atoms with E-state index < -0.39 is 6.10 Å². The fraction of sp³-hybridized carbons (Fsp3) is 0.409. The molecule has 0 aliphatic heterocycles. The van der Waals surface area contributed by atoms with Crippen molar-refractivity contribution in [1.82, 2.24) is 14.7 Å². The maximum absolute atomic E-state index is 12.7. The van der Waals surface area contributed by atoms with Crippen LogP contribution in [0, 0.1) is 0 Å². The molecule has 0 radical (unpaired) electrons. The molecule has 0 fully saturated rings. The van der Waals surface area contributed by atoms with E-state index in [-0.39, 0.29) is 11.5 Å². The number of aryl methyl sites for hydroxylation is 2. The summed E-state index contributed by atoms with van der Waals surface area (Å²) in [6.45, 7) is 2.18. The van der Waals surface area contributed by atoms with Crippen molar-refractivity contribution < 1.29 is 13.9 Å². The van der Waals surface area contributed by atoms with Gasteiger partial charge in [0.2, 0.25) is 0 Å². The van der Waals surface area contributed by atoms with Crippen LogP contribution in [-0.4, -0.2) is 33.7 Å². The van der Waals surface area contributed by atoms with Gasteiger partial charge in [-0.1, -0.05) is 0 Å². The average Bonchev–Trinajstić information content (AvgIpc) is 3.12. The molecule has 0 saturated carbocycles. The number of benzene rings is 1. The van der Waals surface area contributed by atoms with Crippen LogP contribution in [0.3, 0.4) is 0 Å². The summed E-state index contributed by atoms with van der Waals surface area (Å²) in [5.74, 6) is 0.368. The Morgan fingerprint density at radius 1 is 1.31 bits per heavy atom. The van der Waals surface area contributed by atoms with Gasteiger partial charge in [-0.2, -0.15) is 5.10 Å². The van der Waals surface area contributed by atoms with Crippen LogP contribution in [0.4, 0.5) is 0 Å². The molecule has 7 heteroatoms. The largest absolute Gasteiger partial charge is 0.481 e. The highest BCUT2D eigenvalue weighted by molar-refractivity contribution is 5.83. The van der Waals surface area contributed by atoms with Crippen LogP contribution in [0.25, 0.3) is 11.0 Å². The Bertz CT molecular complexity index is 1110. The summed E-state index contributed by atoms with van der Waals surface area (Å²) in [5.41, 5.74) is 3.10. The Labute approximate surface area is 168 Å². The third-order valence-electron chi connectivity index (χ3n) is 5.41. The van der Waals surface area contributed by atoms with Gasteiger partial charge in [-0.05, 0) is 50.3 Å². The van der Waals surface area contributed by atoms with Gasteiger partial charge >= 0.3 is 5.63 Å². The molecule has 7 nitrogen and oxygen atoms in total. The van der Waals surface area contributed by atoms with Gasteiger partial charge in [-0.25, -0.2) is 4.79 Å². The molecule has 2 heterocycles. The van der Waals surface area contributed by atoms with Crippen molar-refractivity contribution in [3.05, 3.63) is 57.7 Å². The van der Waals surface area contributed by atoms with Crippen molar-refractivity contribution in [1.29, 1.82) is 0 Å². The van der Waals surface area contributed by atoms with E-state index in [4.69, 9.17) is 9.15 Å². The third-order valence-corrected chi connectivity index (χ3v) is 5.41. The standard InChI is InChI=1S/C22H25N3O4/c1-14(21(26)24(2)12-15-11-23-25(3)13-15)28-16-8-9-18-17-6-4-5-7-19(17)22(27)29-20(18)10-16/h8-11,13-14H,4-7,12H2,1-3H3. The quantitative estimate of drug-likeness (QED) is 0.621. The Balaban J connectivity index is 1.51. The van der Waals surface area contributed by atoms with Gasteiger partial charge < -0.3 is 14.1 Å². The highest BCUT2D eigenvalue weighted by Crippen LogP contribution is 2.29. The lowest BCUT2D eigenvalue weighted by atomic mass is 9.91. The molecule has 29 heavy (non-hydrogen) atoms. The molecular weight excluding hydrogens is 370 g/mol. The van der Waals surface area contributed by atoms with Gasteiger partial charge in [0.1, 0.15) is 11.3 Å². The van der Waals surface area contributed by atoms with Crippen LogP contribution in [0.1, 0.15) is 36.5 Å². The second-order valence-electron chi connectivity index (χ2n) is 7.69. The first-order valence-corrected chi connectivity index (χ1v) is 9.90. The summed E-state index contributed by atoms with van der Waals surface area (Å²) in [6.07, 6.45) is 6.73. The summed E-state index contributed by atoms with van der Waals surface area (Å²) < 4.78 is 13.1. The highest BCUT2D eigenvalue weighted by Gasteiger charge is 2.21. The molecule has 3 aromatic rings. The Morgan fingerprint density at radius 2 is 2.07 bits per heavy atom. The molecule has 0 spiro atoms. The van der Waals surface area contributed by atoms with Crippen LogP contribution >= 0.6 is 0 Å². The van der Waals surface area contributed by atoms with Crippen molar-refractivity contribution in [2.45, 2.75) is 45.3 Å². The van der Waals surface area contributed by atoms with Gasteiger partial charge in [-0.15, -0.1) is 0 Å². The molecule has 1 aromatic carbocycles. The Morgan fingerprint density at radius 3 is 2.79 bits per heavy atom. The molecular formula is C22H25N3O4. The number of nitrogens with zero attached hydrogens (tertiary/aromatic N) is 3. The summed E-state index contributed by atoms with van der Waals surface area (Å²) in [7, 11) is 3.58. The lowest BCUT2D eigenvalue weighted by Gasteiger charge is -2.22. The first-order chi connectivity index (χ1) is 13.9. The average molecular weight is 395 g/mol. The predicted molar refractivity (Wildman–Crippen MR) is 109 cm³/mol. The molecule has 1 unspecified atom stereocenters. The van der Waals surface area contributed by atoms with E-state index in [1.165, 1.54) is 0 Å². The second kappa shape index (κ2) is 7.73. The zero-order valence-corrected chi connectivity index (χ0v) is 17.0. The normalized spacial score (nSPS) is 14.4. The number of amides is 1. The molecule has 0 saturated heterocycles. The topological polar surface area (TPSA) is 77.6 Å². The zero-order chi connectivity index (χ0) is 20.5. The van der Waals surface area contributed by atoms with Crippen molar-refractivity contribution in [3.8, 4) is 5.75 Å². The molecule has 1 atom stereocenters. The monoisotopic (exact) mass is 395 g/mol. The smallest absolute Gasteiger partial charge is 0.339 e. The van der Waals surface area contributed by atoms with Crippen LogP contribution in [0.5, 0.6) is 5.75 Å². The maximum atomic E-state index is 12.7. The molecule has 1 aliphatic rings. The summed E-state index contributed by atoms with van der Waals surface area (Å²) >= 11 is 0. The number of ether oxygens (including phenoxy) is 1. The molecule has 0 N–H and O–H groups in total. The molecule has 1 aliphatic carbocycles. The van der Waals surface area contributed by atoms with E-state index in [9.17, 15) is 9.59 Å². The molecule has 1 amide bonds. The fourth-order valence-corrected chi connectivity index (χ4v) is 3.97. The molecule has 0 bridgehead atoms. The van der Waals surface area contributed by atoms with E-state index in [1.807, 2.05) is 25.4 Å². The van der Waals surface area contributed by atoms with E-state index in [0.717, 1.165) is 47.8 Å². The first-order valence-electron chi connectivity index (χ1n) is 9.90. The number of aromatic nitrogens is 2. The van der Waals surface area contributed by atoms with Crippen LogP contribution in [-0.2, 0) is 31.2 Å². The second-order valence-corrected chi connectivity index (χ2v) is 7.69. The first kappa shape index (κ1) is 19.2. The molecule has 152 valence electrons. The van der Waals surface area contributed by atoms with E-state index in [1.54, 1.807) is 35.8 Å². The lowest BCUT2D eigenvalue weighted by Crippen LogP contribution is -2.37. The summed E-state index contributed by atoms with van der Waals surface area (Å²) in [5, 5.41) is 5.08. The van der Waals surface area contributed by atoms with Crippen molar-refractivity contribution >= 4 is 16.9 Å². The van der Waals surface area contributed by atoms with E-state index in [2.05, 4.69) is 5.10 Å². The molecule has 2 aromatic heterocycles. The Hall–Kier alpha value is -3.09. The van der Waals surface area contributed by atoms with Crippen molar-refractivity contribution in [3.63, 3.8) is 0 Å². The van der Waals surface area contributed by atoms with Gasteiger partial charge in [0.25, 0.3) is 5.91 Å². The summed E-state index contributed by atoms with van der Waals surface area (Å²) in [4.78, 5) is 26.6. The highest BCUT2D eigenvalue weighted by atomic mass is 16.5. The number of rotatable bonds is 5. The number of hydrogen-bond donors (Lipinski definition) is 0. The number of likely N-dealkylation sites (N-methyl/N-ethyl adjacent to an activating group) is 1. The van der Waals surface area contributed by atoms with E-state index >= 15 is 0 Å². The van der Waals surface area contributed by atoms with Gasteiger partial charge in [0.15, 0.2) is 6.10 Å². The Kier molecular flexibility index (Phi) is 5.13. The van der Waals surface area contributed by atoms with Crippen LogP contribution in [0.15, 0.2) is 39.8 Å². The predicted octanol–water partition coefficient (Wildman–Crippen LogP) is 2.83. The third kappa shape index (κ3) is 3.90. The maximum Gasteiger partial charge on any atom is 0.339 e. The minimum Gasteiger partial charge on any atom is -0.481 e. The summed E-state index contributed by atoms with van der Waals surface area (Å²) in [6, 6.07) is 5.47. The number of carbonyl (C=O) groups is 1. The van der Waals surface area contributed by atoms with Crippen molar-refractivity contribution in [2.24, 2.45) is 7.05 Å². The molecule has 4 rings (SSSR count). The lowest BCUT2D eigenvalue weighted by molar-refractivity contribution is -0.137. The number of fused-ring (bicyclic) bond motifs is 3. The number of hydrogen-bond acceptors (Lipinski definition) is 5. The zero-order valence-electron chi connectivity index (χ0n) is 17.0. The van der Waals surface area contributed by atoms with Crippen LogP contribution in [0.2, 0.25) is 0 Å². The van der Waals surface area contributed by atoms with Crippen LogP contribution < -0.4 is 10.4 Å². The minimum atomic E-state index is -0.668. The van der Waals surface area contributed by atoms with Crippen molar-refractivity contribution in [2.75, 3.05) is 7.05 Å². The SMILES string of the molecule is CC(Oc1ccc2c3c(c(=O)oc2c1)CCCC3)C(=O)N(C)Cc1cnn(C)c1.